The maximum absolute atomic E-state index is 6.31. The van der Waals surface area contributed by atoms with Crippen molar-refractivity contribution in [2.45, 2.75) is 71.8 Å². The van der Waals surface area contributed by atoms with E-state index in [9.17, 15) is 0 Å². The Bertz CT molecular complexity index is 588. The molecule has 26 heavy (non-hydrogen) atoms. The molecule has 0 fully saturated rings. The fraction of sp³-hybridized carbons (Fsp3) is 0.636. The summed E-state index contributed by atoms with van der Waals surface area (Å²) >= 11 is 6.31. The molecule has 0 radical (unpaired) electrons. The van der Waals surface area contributed by atoms with Crippen LogP contribution < -0.4 is 10.2 Å². The number of nitrogens with zero attached hydrogens (tertiary/aromatic N) is 1. The van der Waals surface area contributed by atoms with E-state index in [0.29, 0.717) is 17.0 Å². The summed E-state index contributed by atoms with van der Waals surface area (Å²) in [5.41, 5.74) is 6.26. The van der Waals surface area contributed by atoms with Crippen LogP contribution in [0.5, 0.6) is 5.75 Å². The molecule has 0 saturated heterocycles. The van der Waals surface area contributed by atoms with E-state index in [1.54, 1.807) is 7.11 Å². The molecule has 0 bridgehead atoms. The van der Waals surface area contributed by atoms with Crippen molar-refractivity contribution < 1.29 is 4.74 Å². The van der Waals surface area contributed by atoms with Gasteiger partial charge >= 0.3 is 0 Å². The lowest BCUT2D eigenvalue weighted by molar-refractivity contribution is 0.155. The number of rotatable bonds is 11. The zero-order chi connectivity index (χ0) is 18.9. The molecule has 3 nitrogen and oxygen atoms in total. The summed E-state index contributed by atoms with van der Waals surface area (Å²) in [5.74, 6) is 1.47. The lowest BCUT2D eigenvalue weighted by atomic mass is 9.89. The summed E-state index contributed by atoms with van der Waals surface area (Å²) in [6.07, 6.45) is 10.7. The van der Waals surface area contributed by atoms with Crippen LogP contribution in [0.1, 0.15) is 64.9 Å². The van der Waals surface area contributed by atoms with E-state index in [2.05, 4.69) is 49.4 Å². The molecule has 2 rings (SSSR count). The van der Waals surface area contributed by atoms with Crippen LogP contribution in [-0.4, -0.2) is 24.7 Å². The van der Waals surface area contributed by atoms with Crippen molar-refractivity contribution >= 4 is 11.6 Å². The molecule has 2 atom stereocenters. The minimum atomic E-state index is 0.606. The zero-order valence-corrected chi connectivity index (χ0v) is 17.6. The summed E-state index contributed by atoms with van der Waals surface area (Å²) in [4.78, 5) is 0. The largest absolute Gasteiger partial charge is 0.495 e. The lowest BCUT2D eigenvalue weighted by Gasteiger charge is -2.29. The fourth-order valence-electron chi connectivity index (χ4n) is 3.88. The first-order valence-corrected chi connectivity index (χ1v) is 10.5. The number of nitrogens with one attached hydrogen (secondary N) is 1. The number of hydrogen-bond acceptors (Lipinski definition) is 3. The highest BCUT2D eigenvalue weighted by molar-refractivity contribution is 6.32. The number of hydrogen-bond donors (Lipinski definition) is 1. The molecule has 1 aromatic carbocycles. The van der Waals surface area contributed by atoms with Gasteiger partial charge in [-0.05, 0) is 61.8 Å². The lowest BCUT2D eigenvalue weighted by Crippen LogP contribution is -2.41. The van der Waals surface area contributed by atoms with E-state index < -0.39 is 0 Å². The van der Waals surface area contributed by atoms with Gasteiger partial charge in [0.1, 0.15) is 5.75 Å². The van der Waals surface area contributed by atoms with Gasteiger partial charge in [0, 0.05) is 18.3 Å². The number of ether oxygens (including phenoxy) is 1. The van der Waals surface area contributed by atoms with Crippen molar-refractivity contribution in [3.05, 3.63) is 40.6 Å². The molecule has 146 valence electrons. The third kappa shape index (κ3) is 5.92. The normalized spacial score (nSPS) is 16.9. The van der Waals surface area contributed by atoms with E-state index >= 15 is 0 Å². The first-order chi connectivity index (χ1) is 12.6. The molecule has 1 heterocycles. The average Bonchev–Trinajstić information content (AvgIpc) is 3.11. The van der Waals surface area contributed by atoms with E-state index in [1.165, 1.54) is 43.4 Å². The van der Waals surface area contributed by atoms with Gasteiger partial charge in [-0.15, -0.1) is 0 Å². The number of benzene rings is 1. The second-order valence-corrected chi connectivity index (χ2v) is 7.72. The summed E-state index contributed by atoms with van der Waals surface area (Å²) < 4.78 is 5.27. The molecule has 2 unspecified atom stereocenters. The Kier molecular flexibility index (Phi) is 8.80. The molecular formula is C22H35ClN2O. The third-order valence-electron chi connectivity index (χ3n) is 5.46. The Morgan fingerprint density at radius 2 is 2.00 bits per heavy atom. The Morgan fingerprint density at radius 1 is 1.19 bits per heavy atom. The van der Waals surface area contributed by atoms with Crippen molar-refractivity contribution in [3.8, 4) is 5.75 Å². The molecule has 0 saturated carbocycles. The molecule has 4 heteroatoms. The molecule has 1 N–H and O–H groups in total. The summed E-state index contributed by atoms with van der Waals surface area (Å²) in [6.45, 7) is 7.83. The Hall–Kier alpha value is -1.19. The van der Waals surface area contributed by atoms with Gasteiger partial charge in [0.05, 0.1) is 12.1 Å². The van der Waals surface area contributed by atoms with Crippen LogP contribution in [0.2, 0.25) is 5.02 Å². The molecule has 0 spiro atoms. The maximum Gasteiger partial charge on any atom is 0.137 e. The van der Waals surface area contributed by atoms with Crippen molar-refractivity contribution in [1.29, 1.82) is 0 Å². The summed E-state index contributed by atoms with van der Waals surface area (Å²) in [5, 5.41) is 3.14. The Labute approximate surface area is 164 Å². The van der Waals surface area contributed by atoms with Crippen LogP contribution in [0.15, 0.2) is 30.0 Å². The fourth-order valence-corrected chi connectivity index (χ4v) is 4.16. The van der Waals surface area contributed by atoms with Gasteiger partial charge in [0.15, 0.2) is 0 Å². The predicted octanol–water partition coefficient (Wildman–Crippen LogP) is 5.98. The standard InChI is InChI=1S/C22H35ClN2O/c1-5-8-17(15-18-10-12-22(26-4)21(23)16-18)9-11-20(7-3)25-14-13-19(6-2)24-25/h10,12-13,16-17,20,24H,5-9,11,14-15H2,1-4H3. The topological polar surface area (TPSA) is 24.5 Å². The Balaban J connectivity index is 1.91. The second-order valence-electron chi connectivity index (χ2n) is 7.31. The first kappa shape index (κ1) is 21.1. The van der Waals surface area contributed by atoms with E-state index in [1.807, 2.05) is 6.07 Å². The predicted molar refractivity (Wildman–Crippen MR) is 112 cm³/mol. The van der Waals surface area contributed by atoms with Gasteiger partial charge in [0.2, 0.25) is 0 Å². The van der Waals surface area contributed by atoms with Gasteiger partial charge in [0.25, 0.3) is 0 Å². The van der Waals surface area contributed by atoms with Gasteiger partial charge < -0.3 is 10.2 Å². The summed E-state index contributed by atoms with van der Waals surface area (Å²) in [7, 11) is 1.66. The van der Waals surface area contributed by atoms with Crippen LogP contribution in [0.3, 0.4) is 0 Å². The van der Waals surface area contributed by atoms with Crippen LogP contribution in [0.4, 0.5) is 0 Å². The molecule has 1 aliphatic rings. The summed E-state index contributed by atoms with van der Waals surface area (Å²) in [6, 6.07) is 6.82. The van der Waals surface area contributed by atoms with Crippen molar-refractivity contribution in [3.63, 3.8) is 0 Å². The maximum atomic E-state index is 6.31. The number of halogens is 1. The minimum Gasteiger partial charge on any atom is -0.495 e. The number of hydrazine groups is 1. The van der Waals surface area contributed by atoms with E-state index in [0.717, 1.165) is 25.1 Å². The number of methoxy groups -OCH3 is 1. The number of allylic oxidation sites excluding steroid dienone is 1. The minimum absolute atomic E-state index is 0.606. The first-order valence-electron chi connectivity index (χ1n) is 10.2. The molecular weight excluding hydrogens is 344 g/mol. The molecule has 0 amide bonds. The highest BCUT2D eigenvalue weighted by Gasteiger charge is 2.22. The van der Waals surface area contributed by atoms with Gasteiger partial charge in [-0.3, -0.25) is 0 Å². The van der Waals surface area contributed by atoms with Gasteiger partial charge in [-0.1, -0.05) is 51.3 Å². The van der Waals surface area contributed by atoms with Crippen LogP contribution in [0, 0.1) is 5.92 Å². The SMILES string of the molecule is CCCC(CCC(CC)N1CC=C(CC)N1)Cc1ccc(OC)c(Cl)c1. The highest BCUT2D eigenvalue weighted by atomic mass is 35.5. The van der Waals surface area contributed by atoms with Crippen LogP contribution in [0.25, 0.3) is 0 Å². The molecule has 1 aromatic rings. The van der Waals surface area contributed by atoms with E-state index in [4.69, 9.17) is 16.3 Å². The van der Waals surface area contributed by atoms with Gasteiger partial charge in [-0.2, -0.15) is 0 Å². The molecule has 1 aliphatic heterocycles. The molecule has 0 aromatic heterocycles. The molecule has 0 aliphatic carbocycles. The zero-order valence-electron chi connectivity index (χ0n) is 16.9. The van der Waals surface area contributed by atoms with Crippen LogP contribution >= 0.6 is 11.6 Å². The Morgan fingerprint density at radius 3 is 2.58 bits per heavy atom. The highest BCUT2D eigenvalue weighted by Crippen LogP contribution is 2.28. The van der Waals surface area contributed by atoms with E-state index in [-0.39, 0.29) is 0 Å². The monoisotopic (exact) mass is 378 g/mol. The smallest absolute Gasteiger partial charge is 0.137 e. The van der Waals surface area contributed by atoms with Crippen molar-refractivity contribution in [2.75, 3.05) is 13.7 Å². The van der Waals surface area contributed by atoms with Crippen LogP contribution in [-0.2, 0) is 6.42 Å². The second kappa shape index (κ2) is 10.8. The van der Waals surface area contributed by atoms with Crippen molar-refractivity contribution in [1.82, 2.24) is 10.4 Å². The quantitative estimate of drug-likeness (QED) is 0.512. The average molecular weight is 379 g/mol. The van der Waals surface area contributed by atoms with Crippen molar-refractivity contribution in [2.24, 2.45) is 5.92 Å². The van der Waals surface area contributed by atoms with Gasteiger partial charge in [-0.25, -0.2) is 5.01 Å². The third-order valence-corrected chi connectivity index (χ3v) is 5.76.